The minimum absolute atomic E-state index is 0.0955. The van der Waals surface area contributed by atoms with Crippen LogP contribution in [0.3, 0.4) is 0 Å². The lowest BCUT2D eigenvalue weighted by Gasteiger charge is -2.05. The van der Waals surface area contributed by atoms with E-state index in [0.29, 0.717) is 20.7 Å². The quantitative estimate of drug-likeness (QED) is 0.613. The maximum atomic E-state index is 11.1. The summed E-state index contributed by atoms with van der Waals surface area (Å²) in [6.07, 6.45) is 0. The van der Waals surface area contributed by atoms with E-state index in [9.17, 15) is 4.79 Å². The molecule has 1 aromatic rings. The molecule has 0 fully saturated rings. The highest BCUT2D eigenvalue weighted by Gasteiger charge is 2.11. The van der Waals surface area contributed by atoms with Crippen LogP contribution in [-0.2, 0) is 0 Å². The SMILES string of the molecule is CC(=O)c1c(N)ccc(Cl)c1Br. The van der Waals surface area contributed by atoms with Gasteiger partial charge in [0.25, 0.3) is 0 Å². The number of halogens is 2. The van der Waals surface area contributed by atoms with Crippen LogP contribution in [0.25, 0.3) is 0 Å². The smallest absolute Gasteiger partial charge is 0.163 e. The lowest BCUT2D eigenvalue weighted by molar-refractivity contribution is 0.101. The molecular weight excluding hydrogens is 241 g/mol. The molecule has 0 spiro atoms. The van der Waals surface area contributed by atoms with E-state index < -0.39 is 0 Å². The molecule has 0 heterocycles. The third-order valence-electron chi connectivity index (χ3n) is 1.48. The van der Waals surface area contributed by atoms with Crippen LogP contribution in [-0.4, -0.2) is 5.78 Å². The van der Waals surface area contributed by atoms with Crippen LogP contribution in [0.15, 0.2) is 16.6 Å². The first kappa shape index (κ1) is 9.55. The van der Waals surface area contributed by atoms with Gasteiger partial charge in [0.05, 0.1) is 10.6 Å². The van der Waals surface area contributed by atoms with Crippen LogP contribution in [0.4, 0.5) is 5.69 Å². The lowest BCUT2D eigenvalue weighted by atomic mass is 10.1. The van der Waals surface area contributed by atoms with E-state index in [1.54, 1.807) is 12.1 Å². The molecule has 1 aromatic carbocycles. The first-order valence-electron chi connectivity index (χ1n) is 3.28. The van der Waals surface area contributed by atoms with Gasteiger partial charge in [-0.15, -0.1) is 0 Å². The fraction of sp³-hybridized carbons (Fsp3) is 0.125. The first-order valence-corrected chi connectivity index (χ1v) is 4.45. The van der Waals surface area contributed by atoms with Crippen molar-refractivity contribution in [2.45, 2.75) is 6.92 Å². The molecule has 0 amide bonds. The number of ketones is 1. The van der Waals surface area contributed by atoms with Gasteiger partial charge in [-0.05, 0) is 35.0 Å². The Labute approximate surface area is 83.8 Å². The number of anilines is 1. The Morgan fingerprint density at radius 2 is 2.17 bits per heavy atom. The summed E-state index contributed by atoms with van der Waals surface area (Å²) < 4.78 is 0.566. The van der Waals surface area contributed by atoms with E-state index in [-0.39, 0.29) is 5.78 Å². The van der Waals surface area contributed by atoms with Gasteiger partial charge in [-0.3, -0.25) is 4.79 Å². The van der Waals surface area contributed by atoms with Gasteiger partial charge in [-0.25, -0.2) is 0 Å². The van der Waals surface area contributed by atoms with Crippen LogP contribution < -0.4 is 5.73 Å². The van der Waals surface area contributed by atoms with Crippen molar-refractivity contribution in [2.24, 2.45) is 0 Å². The lowest BCUT2D eigenvalue weighted by Crippen LogP contribution is -2.00. The van der Waals surface area contributed by atoms with E-state index in [4.69, 9.17) is 17.3 Å². The molecule has 0 aliphatic rings. The van der Waals surface area contributed by atoms with Crippen molar-refractivity contribution in [3.8, 4) is 0 Å². The molecule has 4 heteroatoms. The summed E-state index contributed by atoms with van der Waals surface area (Å²) in [5.41, 5.74) is 6.47. The predicted octanol–water partition coefficient (Wildman–Crippen LogP) is 2.89. The zero-order chi connectivity index (χ0) is 9.30. The molecule has 0 saturated heterocycles. The maximum absolute atomic E-state index is 11.1. The van der Waals surface area contributed by atoms with Gasteiger partial charge in [0.2, 0.25) is 0 Å². The van der Waals surface area contributed by atoms with Crippen LogP contribution in [0, 0.1) is 0 Å². The number of rotatable bonds is 1. The van der Waals surface area contributed by atoms with Crippen LogP contribution in [0.5, 0.6) is 0 Å². The maximum Gasteiger partial charge on any atom is 0.163 e. The fourth-order valence-corrected chi connectivity index (χ4v) is 1.72. The number of nitrogen functional groups attached to an aromatic ring is 1. The Balaban J connectivity index is 3.43. The molecule has 0 radical (unpaired) electrons. The largest absolute Gasteiger partial charge is 0.398 e. The summed E-state index contributed by atoms with van der Waals surface area (Å²) in [6, 6.07) is 3.26. The van der Waals surface area contributed by atoms with E-state index in [2.05, 4.69) is 15.9 Å². The standard InChI is InChI=1S/C8H7BrClNO/c1-4(12)7-6(11)3-2-5(10)8(7)9/h2-3H,11H2,1H3. The first-order chi connectivity index (χ1) is 5.54. The van der Waals surface area contributed by atoms with Gasteiger partial charge in [0, 0.05) is 10.2 Å². The summed E-state index contributed by atoms with van der Waals surface area (Å²) >= 11 is 8.97. The third-order valence-corrected chi connectivity index (χ3v) is 2.85. The Kier molecular flexibility index (Phi) is 2.75. The summed E-state index contributed by atoms with van der Waals surface area (Å²) in [6.45, 7) is 1.45. The molecule has 12 heavy (non-hydrogen) atoms. The van der Waals surface area contributed by atoms with Gasteiger partial charge < -0.3 is 5.73 Å². The molecule has 2 nitrogen and oxygen atoms in total. The second kappa shape index (κ2) is 3.46. The predicted molar refractivity (Wildman–Crippen MR) is 53.6 cm³/mol. The third kappa shape index (κ3) is 1.62. The molecule has 0 saturated carbocycles. The number of nitrogens with two attached hydrogens (primary N) is 1. The summed E-state index contributed by atoms with van der Waals surface area (Å²) in [7, 11) is 0. The molecule has 64 valence electrons. The number of Topliss-reactive ketones (excluding diaryl/α,β-unsaturated/α-hetero) is 1. The molecule has 0 aliphatic heterocycles. The van der Waals surface area contributed by atoms with Crippen molar-refractivity contribution >= 4 is 39.0 Å². The van der Waals surface area contributed by atoms with Gasteiger partial charge in [-0.1, -0.05) is 11.6 Å². The van der Waals surface area contributed by atoms with Crippen molar-refractivity contribution in [2.75, 3.05) is 5.73 Å². The molecule has 0 atom stereocenters. The van der Waals surface area contributed by atoms with Crippen molar-refractivity contribution < 1.29 is 4.79 Å². The molecular formula is C8H7BrClNO. The van der Waals surface area contributed by atoms with Crippen molar-refractivity contribution in [3.63, 3.8) is 0 Å². The Morgan fingerprint density at radius 3 is 2.58 bits per heavy atom. The number of hydrogen-bond donors (Lipinski definition) is 1. The average molecular weight is 249 g/mol. The van der Waals surface area contributed by atoms with Crippen LogP contribution >= 0.6 is 27.5 Å². The Hall–Kier alpha value is -0.540. The fourth-order valence-electron chi connectivity index (χ4n) is 0.923. The van der Waals surface area contributed by atoms with E-state index in [1.807, 2.05) is 0 Å². The monoisotopic (exact) mass is 247 g/mol. The summed E-state index contributed by atoms with van der Waals surface area (Å²) in [4.78, 5) is 11.1. The highest BCUT2D eigenvalue weighted by Crippen LogP contribution is 2.30. The highest BCUT2D eigenvalue weighted by atomic mass is 79.9. The molecule has 2 N–H and O–H groups in total. The average Bonchev–Trinajstić information content (AvgIpc) is 1.97. The second-order valence-electron chi connectivity index (χ2n) is 2.38. The normalized spacial score (nSPS) is 9.92. The van der Waals surface area contributed by atoms with E-state index >= 15 is 0 Å². The van der Waals surface area contributed by atoms with Crippen LogP contribution in [0.2, 0.25) is 5.02 Å². The zero-order valence-electron chi connectivity index (χ0n) is 6.40. The number of benzene rings is 1. The molecule has 0 unspecified atom stereocenters. The number of carbonyl (C=O) groups excluding carboxylic acids is 1. The van der Waals surface area contributed by atoms with Crippen molar-refractivity contribution in [1.29, 1.82) is 0 Å². The molecule has 0 bridgehead atoms. The molecule has 0 aliphatic carbocycles. The Morgan fingerprint density at radius 1 is 1.58 bits per heavy atom. The number of hydrogen-bond acceptors (Lipinski definition) is 2. The minimum Gasteiger partial charge on any atom is -0.398 e. The van der Waals surface area contributed by atoms with E-state index in [0.717, 1.165) is 0 Å². The summed E-state index contributed by atoms with van der Waals surface area (Å²) in [5, 5.41) is 0.495. The van der Waals surface area contributed by atoms with Crippen LogP contribution in [0.1, 0.15) is 17.3 Å². The second-order valence-corrected chi connectivity index (χ2v) is 3.58. The van der Waals surface area contributed by atoms with Gasteiger partial charge in [0.15, 0.2) is 5.78 Å². The zero-order valence-corrected chi connectivity index (χ0v) is 8.74. The van der Waals surface area contributed by atoms with Crippen molar-refractivity contribution in [3.05, 3.63) is 27.2 Å². The van der Waals surface area contributed by atoms with E-state index in [1.165, 1.54) is 6.92 Å². The number of carbonyl (C=O) groups is 1. The Bertz CT molecular complexity index is 338. The van der Waals surface area contributed by atoms with Gasteiger partial charge >= 0.3 is 0 Å². The molecule has 0 aromatic heterocycles. The van der Waals surface area contributed by atoms with Crippen molar-refractivity contribution in [1.82, 2.24) is 0 Å². The highest BCUT2D eigenvalue weighted by molar-refractivity contribution is 9.10. The van der Waals surface area contributed by atoms with Gasteiger partial charge in [0.1, 0.15) is 0 Å². The molecule has 1 rings (SSSR count). The van der Waals surface area contributed by atoms with Gasteiger partial charge in [-0.2, -0.15) is 0 Å². The topological polar surface area (TPSA) is 43.1 Å². The summed E-state index contributed by atoms with van der Waals surface area (Å²) in [5.74, 6) is -0.0955. The minimum atomic E-state index is -0.0955.